The smallest absolute Gasteiger partial charge is 0.317 e. The Morgan fingerprint density at radius 3 is 2.69 bits per heavy atom. The van der Waals surface area contributed by atoms with Crippen LogP contribution in [-0.4, -0.2) is 30.1 Å². The summed E-state index contributed by atoms with van der Waals surface area (Å²) in [7, 11) is -2.84. The van der Waals surface area contributed by atoms with Crippen LogP contribution >= 0.6 is 8.25 Å². The predicted molar refractivity (Wildman–Crippen MR) is 45.3 cm³/mol. The summed E-state index contributed by atoms with van der Waals surface area (Å²) in [6, 6.07) is 0.0451. The van der Waals surface area contributed by atoms with Crippen molar-refractivity contribution in [3.05, 3.63) is 0 Å². The molecule has 0 aromatic carbocycles. The third-order valence-corrected chi connectivity index (χ3v) is 2.14. The first-order valence-electron chi connectivity index (χ1n) is 4.04. The van der Waals surface area contributed by atoms with Crippen LogP contribution in [0.5, 0.6) is 0 Å². The van der Waals surface area contributed by atoms with Gasteiger partial charge in [-0.2, -0.15) is 4.52 Å². The molecule has 1 saturated heterocycles. The van der Waals surface area contributed by atoms with Gasteiger partial charge in [0.05, 0.1) is 0 Å². The van der Waals surface area contributed by atoms with Gasteiger partial charge in [-0.25, -0.2) is 4.79 Å². The van der Waals surface area contributed by atoms with Crippen LogP contribution in [0, 0.1) is 0 Å². The van der Waals surface area contributed by atoms with Crippen molar-refractivity contribution in [2.45, 2.75) is 18.9 Å². The second-order valence-electron chi connectivity index (χ2n) is 2.79. The van der Waals surface area contributed by atoms with Crippen LogP contribution in [0.2, 0.25) is 0 Å². The molecular formula is C6H12N2O4P+. The first kappa shape index (κ1) is 10.4. The molecule has 0 radical (unpaired) electrons. The molecule has 13 heavy (non-hydrogen) atoms. The molecule has 1 aliphatic rings. The predicted octanol–water partition coefficient (Wildman–Crippen LogP) is 0.114. The minimum Gasteiger partial charge on any atom is -0.317 e. The maximum absolute atomic E-state index is 10.8. The summed E-state index contributed by atoms with van der Waals surface area (Å²) >= 11 is 0. The lowest BCUT2D eigenvalue weighted by molar-refractivity contribution is 0.190. The number of rotatable bonds is 2. The van der Waals surface area contributed by atoms with Gasteiger partial charge in [0, 0.05) is 10.6 Å². The standard InChI is InChI=1S/C6H11N2O4P/c9-6(12-13(10)11)8-5-1-3-7-4-2-5/h5,7H,1-4H2,(H-,8,9,10,11)/p+1. The highest BCUT2D eigenvalue weighted by atomic mass is 31.1. The van der Waals surface area contributed by atoms with Crippen LogP contribution in [0.3, 0.4) is 0 Å². The molecule has 1 aliphatic heterocycles. The Balaban J connectivity index is 2.22. The third-order valence-electron chi connectivity index (χ3n) is 1.82. The highest BCUT2D eigenvalue weighted by Crippen LogP contribution is 2.14. The Bertz CT molecular complexity index is 205. The molecule has 74 valence electrons. The maximum atomic E-state index is 10.8. The SMILES string of the molecule is O=C(NC1CCNCC1)O[P+](=O)O. The van der Waals surface area contributed by atoms with E-state index in [1.54, 1.807) is 0 Å². The molecule has 0 aliphatic carbocycles. The molecule has 3 N–H and O–H groups in total. The first-order chi connectivity index (χ1) is 6.18. The van der Waals surface area contributed by atoms with Crippen molar-refractivity contribution >= 4 is 14.3 Å². The summed E-state index contributed by atoms with van der Waals surface area (Å²) < 4.78 is 14.2. The zero-order chi connectivity index (χ0) is 9.68. The van der Waals surface area contributed by atoms with Gasteiger partial charge in [0.2, 0.25) is 0 Å². The highest BCUT2D eigenvalue weighted by molar-refractivity contribution is 7.32. The largest absolute Gasteiger partial charge is 0.752 e. The van der Waals surface area contributed by atoms with Gasteiger partial charge in [-0.1, -0.05) is 0 Å². The lowest BCUT2D eigenvalue weighted by Crippen LogP contribution is -2.42. The van der Waals surface area contributed by atoms with Gasteiger partial charge >= 0.3 is 14.3 Å². The second kappa shape index (κ2) is 5.11. The number of hydrogen-bond donors (Lipinski definition) is 3. The fourth-order valence-electron chi connectivity index (χ4n) is 1.23. The number of nitrogens with one attached hydrogen (secondary N) is 2. The van der Waals surface area contributed by atoms with E-state index in [9.17, 15) is 9.36 Å². The number of hydrogen-bond acceptors (Lipinski definition) is 4. The molecule has 0 spiro atoms. The van der Waals surface area contributed by atoms with Gasteiger partial charge in [-0.3, -0.25) is 0 Å². The van der Waals surface area contributed by atoms with Gasteiger partial charge in [0.15, 0.2) is 0 Å². The minimum absolute atomic E-state index is 0.0451. The summed E-state index contributed by atoms with van der Waals surface area (Å²) in [6.07, 6.45) is 0.810. The van der Waals surface area contributed by atoms with Gasteiger partial charge in [-0.05, 0) is 25.9 Å². The maximum Gasteiger partial charge on any atom is 0.752 e. The zero-order valence-corrected chi connectivity index (χ0v) is 7.92. The van der Waals surface area contributed by atoms with Crippen LogP contribution in [-0.2, 0) is 9.09 Å². The lowest BCUT2D eigenvalue weighted by Gasteiger charge is -2.21. The van der Waals surface area contributed by atoms with E-state index < -0.39 is 14.3 Å². The lowest BCUT2D eigenvalue weighted by atomic mass is 10.1. The average molecular weight is 207 g/mol. The molecular weight excluding hydrogens is 195 g/mol. The normalized spacial score (nSPS) is 19.3. The van der Waals surface area contributed by atoms with E-state index in [1.165, 1.54) is 0 Å². The zero-order valence-electron chi connectivity index (χ0n) is 7.02. The Labute approximate surface area is 76.6 Å². The van der Waals surface area contributed by atoms with Gasteiger partial charge in [0.1, 0.15) is 0 Å². The highest BCUT2D eigenvalue weighted by Gasteiger charge is 2.23. The van der Waals surface area contributed by atoms with E-state index in [2.05, 4.69) is 15.2 Å². The van der Waals surface area contributed by atoms with E-state index in [-0.39, 0.29) is 6.04 Å². The van der Waals surface area contributed by atoms with Crippen molar-refractivity contribution in [3.8, 4) is 0 Å². The third kappa shape index (κ3) is 4.17. The van der Waals surface area contributed by atoms with Crippen LogP contribution in [0.4, 0.5) is 4.79 Å². The van der Waals surface area contributed by atoms with Crippen molar-refractivity contribution in [2.75, 3.05) is 13.1 Å². The minimum atomic E-state index is -2.84. The van der Waals surface area contributed by atoms with Gasteiger partial charge in [-0.15, -0.1) is 4.89 Å². The van der Waals surface area contributed by atoms with E-state index in [4.69, 9.17) is 4.89 Å². The summed E-state index contributed by atoms with van der Waals surface area (Å²) in [5, 5.41) is 5.63. The molecule has 1 atom stereocenters. The summed E-state index contributed by atoms with van der Waals surface area (Å²) in [6.45, 7) is 1.69. The van der Waals surface area contributed by atoms with Crippen LogP contribution in [0.15, 0.2) is 0 Å². The fraction of sp³-hybridized carbons (Fsp3) is 0.833. The number of carbonyl (C=O) groups is 1. The topological polar surface area (TPSA) is 87.7 Å². The molecule has 0 aromatic rings. The van der Waals surface area contributed by atoms with Crippen LogP contribution in [0.1, 0.15) is 12.8 Å². The van der Waals surface area contributed by atoms with Crippen molar-refractivity contribution < 1.29 is 18.8 Å². The Morgan fingerprint density at radius 1 is 1.54 bits per heavy atom. The number of piperidine rings is 1. The Kier molecular flexibility index (Phi) is 4.08. The monoisotopic (exact) mass is 207 g/mol. The van der Waals surface area contributed by atoms with Crippen molar-refractivity contribution in [2.24, 2.45) is 0 Å². The Morgan fingerprint density at radius 2 is 2.15 bits per heavy atom. The van der Waals surface area contributed by atoms with Crippen molar-refractivity contribution in [1.29, 1.82) is 0 Å². The van der Waals surface area contributed by atoms with Crippen LogP contribution < -0.4 is 10.6 Å². The molecule has 1 rings (SSSR count). The second-order valence-corrected chi connectivity index (χ2v) is 3.44. The molecule has 0 bridgehead atoms. The summed E-state index contributed by atoms with van der Waals surface area (Å²) in [5.41, 5.74) is 0. The van der Waals surface area contributed by atoms with Crippen LogP contribution in [0.25, 0.3) is 0 Å². The van der Waals surface area contributed by atoms with Crippen molar-refractivity contribution in [1.82, 2.24) is 10.6 Å². The first-order valence-corrected chi connectivity index (χ1v) is 5.17. The average Bonchev–Trinajstić information content (AvgIpc) is 2.04. The summed E-state index contributed by atoms with van der Waals surface area (Å²) in [4.78, 5) is 19.1. The van der Waals surface area contributed by atoms with E-state index in [0.717, 1.165) is 25.9 Å². The summed E-state index contributed by atoms with van der Waals surface area (Å²) in [5.74, 6) is 0. The molecule has 1 fully saturated rings. The quantitative estimate of drug-likeness (QED) is 0.559. The molecule has 1 amide bonds. The van der Waals surface area contributed by atoms with E-state index in [0.29, 0.717) is 0 Å². The number of amides is 1. The molecule has 1 heterocycles. The fourth-order valence-corrected chi connectivity index (χ4v) is 1.42. The Hall–Kier alpha value is -0.710. The van der Waals surface area contributed by atoms with Crippen molar-refractivity contribution in [3.63, 3.8) is 0 Å². The molecule has 6 nitrogen and oxygen atoms in total. The number of carbonyl (C=O) groups excluding carboxylic acids is 1. The molecule has 7 heteroatoms. The van der Waals surface area contributed by atoms with E-state index >= 15 is 0 Å². The van der Waals surface area contributed by atoms with Gasteiger partial charge in [0.25, 0.3) is 0 Å². The van der Waals surface area contributed by atoms with Gasteiger partial charge < -0.3 is 10.6 Å². The van der Waals surface area contributed by atoms with E-state index in [1.807, 2.05) is 0 Å². The molecule has 0 aromatic heterocycles. The molecule has 0 saturated carbocycles. The molecule has 1 unspecified atom stereocenters.